The third-order valence-corrected chi connectivity index (χ3v) is 2.71. The van der Waals surface area contributed by atoms with Gasteiger partial charge in [0.25, 0.3) is 0 Å². The van der Waals surface area contributed by atoms with Gasteiger partial charge in [0.2, 0.25) is 0 Å². The van der Waals surface area contributed by atoms with Crippen molar-refractivity contribution in [3.8, 4) is 17.2 Å². The van der Waals surface area contributed by atoms with Crippen molar-refractivity contribution in [1.82, 2.24) is 0 Å². The Labute approximate surface area is 112 Å². The highest BCUT2D eigenvalue weighted by molar-refractivity contribution is 5.92. The summed E-state index contributed by atoms with van der Waals surface area (Å²) in [5.74, 6) is 0.621. The summed E-state index contributed by atoms with van der Waals surface area (Å²) in [6.07, 6.45) is 1.71. The molecule has 5 heteroatoms. The number of methoxy groups -OCH3 is 3. The number of ether oxygens (including phenoxy) is 3. The Balaban J connectivity index is 3.50. The molecule has 0 atom stereocenters. The van der Waals surface area contributed by atoms with Crippen LogP contribution in [0.5, 0.6) is 17.2 Å². The molecular weight excluding hydrogens is 248 g/mol. The molecular formula is C14H18O5. The van der Waals surface area contributed by atoms with Gasteiger partial charge in [-0.05, 0) is 12.0 Å². The molecule has 19 heavy (non-hydrogen) atoms. The van der Waals surface area contributed by atoms with Crippen LogP contribution in [0, 0.1) is 0 Å². The van der Waals surface area contributed by atoms with Gasteiger partial charge in [0, 0.05) is 18.2 Å². The first-order valence-electron chi connectivity index (χ1n) is 5.81. The average Bonchev–Trinajstić information content (AvgIpc) is 2.42. The van der Waals surface area contributed by atoms with Crippen molar-refractivity contribution >= 4 is 11.5 Å². The monoisotopic (exact) mass is 266 g/mol. The highest BCUT2D eigenvalue weighted by Gasteiger charge is 2.17. The minimum Gasteiger partial charge on any atom is -0.496 e. The van der Waals surface area contributed by atoms with Crippen LogP contribution in [0.3, 0.4) is 0 Å². The maximum Gasteiger partial charge on any atom is 0.328 e. The Bertz CT molecular complexity index is 466. The van der Waals surface area contributed by atoms with Crippen LogP contribution in [0.25, 0.3) is 5.57 Å². The Morgan fingerprint density at radius 1 is 1.16 bits per heavy atom. The van der Waals surface area contributed by atoms with E-state index in [0.717, 1.165) is 6.08 Å². The standard InChI is InChI=1S/C14H18O5/c1-5-9(6-13(15)16)14-11(18-3)7-10(17-2)8-12(14)19-4/h6-8H,5H2,1-4H3,(H,15,16)/b9-6+. The number of carboxylic acids is 1. The summed E-state index contributed by atoms with van der Waals surface area (Å²) in [6, 6.07) is 3.40. The van der Waals surface area contributed by atoms with Gasteiger partial charge in [-0.25, -0.2) is 4.79 Å². The molecule has 0 spiro atoms. The van der Waals surface area contributed by atoms with E-state index in [4.69, 9.17) is 19.3 Å². The Kier molecular flexibility index (Phi) is 5.23. The molecule has 0 unspecified atom stereocenters. The summed E-state index contributed by atoms with van der Waals surface area (Å²) in [7, 11) is 4.58. The fraction of sp³-hybridized carbons (Fsp3) is 0.357. The molecule has 5 nitrogen and oxygen atoms in total. The lowest BCUT2D eigenvalue weighted by Gasteiger charge is -2.16. The van der Waals surface area contributed by atoms with Gasteiger partial charge in [0.15, 0.2) is 0 Å². The summed E-state index contributed by atoms with van der Waals surface area (Å²) in [6.45, 7) is 1.87. The van der Waals surface area contributed by atoms with Crippen LogP contribution in [0.15, 0.2) is 18.2 Å². The van der Waals surface area contributed by atoms with Crippen molar-refractivity contribution in [1.29, 1.82) is 0 Å². The maximum absolute atomic E-state index is 10.9. The maximum atomic E-state index is 10.9. The number of carboxylic acid groups (broad SMARTS) is 1. The van der Waals surface area contributed by atoms with Crippen molar-refractivity contribution in [3.05, 3.63) is 23.8 Å². The molecule has 1 N–H and O–H groups in total. The van der Waals surface area contributed by atoms with Crippen LogP contribution in [0.4, 0.5) is 0 Å². The molecule has 0 saturated heterocycles. The van der Waals surface area contributed by atoms with Crippen molar-refractivity contribution < 1.29 is 24.1 Å². The van der Waals surface area contributed by atoms with E-state index < -0.39 is 5.97 Å². The van der Waals surface area contributed by atoms with Gasteiger partial charge in [-0.1, -0.05) is 6.92 Å². The molecule has 0 aromatic heterocycles. The van der Waals surface area contributed by atoms with Gasteiger partial charge >= 0.3 is 5.97 Å². The second kappa shape index (κ2) is 6.68. The SMILES string of the molecule is CC/C(=C\C(=O)O)c1c(OC)cc(OC)cc1OC. The lowest BCUT2D eigenvalue weighted by molar-refractivity contribution is -0.131. The lowest BCUT2D eigenvalue weighted by atomic mass is 10.0. The molecule has 0 fully saturated rings. The smallest absolute Gasteiger partial charge is 0.328 e. The molecule has 0 bridgehead atoms. The van der Waals surface area contributed by atoms with Gasteiger partial charge in [-0.3, -0.25) is 0 Å². The number of hydrogen-bond acceptors (Lipinski definition) is 4. The lowest BCUT2D eigenvalue weighted by Crippen LogP contribution is -2.00. The summed E-state index contributed by atoms with van der Waals surface area (Å²) in [5, 5.41) is 8.92. The second-order valence-electron chi connectivity index (χ2n) is 3.77. The molecule has 0 saturated carbocycles. The Hall–Kier alpha value is -2.17. The molecule has 0 aliphatic heterocycles. The van der Waals surface area contributed by atoms with Gasteiger partial charge in [0.1, 0.15) is 17.2 Å². The quantitative estimate of drug-likeness (QED) is 0.802. The number of hydrogen-bond donors (Lipinski definition) is 1. The normalized spacial score (nSPS) is 11.1. The van der Waals surface area contributed by atoms with E-state index in [2.05, 4.69) is 0 Å². The second-order valence-corrected chi connectivity index (χ2v) is 3.77. The summed E-state index contributed by atoms with van der Waals surface area (Å²) < 4.78 is 15.8. The zero-order valence-corrected chi connectivity index (χ0v) is 11.5. The highest BCUT2D eigenvalue weighted by atomic mass is 16.5. The Morgan fingerprint density at radius 3 is 2.00 bits per heavy atom. The predicted molar refractivity (Wildman–Crippen MR) is 72.0 cm³/mol. The largest absolute Gasteiger partial charge is 0.496 e. The highest BCUT2D eigenvalue weighted by Crippen LogP contribution is 2.39. The number of allylic oxidation sites excluding steroid dienone is 1. The average molecular weight is 266 g/mol. The van der Waals surface area contributed by atoms with Crippen LogP contribution >= 0.6 is 0 Å². The van der Waals surface area contributed by atoms with Crippen molar-refractivity contribution in [3.63, 3.8) is 0 Å². The van der Waals surface area contributed by atoms with E-state index in [-0.39, 0.29) is 0 Å². The summed E-state index contributed by atoms with van der Waals surface area (Å²) >= 11 is 0. The first-order valence-corrected chi connectivity index (χ1v) is 5.81. The molecule has 1 rings (SSSR count). The topological polar surface area (TPSA) is 65.0 Å². The zero-order chi connectivity index (χ0) is 14.4. The van der Waals surface area contributed by atoms with Gasteiger partial charge in [0.05, 0.1) is 26.9 Å². The first-order chi connectivity index (χ1) is 9.07. The zero-order valence-electron chi connectivity index (χ0n) is 11.5. The number of rotatable bonds is 6. The Morgan fingerprint density at radius 2 is 1.68 bits per heavy atom. The third kappa shape index (κ3) is 3.40. The summed E-state index contributed by atoms with van der Waals surface area (Å²) in [5.41, 5.74) is 1.26. The van der Waals surface area contributed by atoms with Gasteiger partial charge in [-0.2, -0.15) is 0 Å². The molecule has 1 aromatic rings. The minimum atomic E-state index is -1.00. The van der Waals surface area contributed by atoms with Crippen LogP contribution in [0.2, 0.25) is 0 Å². The fourth-order valence-electron chi connectivity index (χ4n) is 1.82. The van der Waals surface area contributed by atoms with Crippen molar-refractivity contribution in [2.75, 3.05) is 21.3 Å². The first kappa shape index (κ1) is 14.9. The molecule has 0 radical (unpaired) electrons. The number of benzene rings is 1. The van der Waals surface area contributed by atoms with E-state index in [0.29, 0.717) is 34.8 Å². The van der Waals surface area contributed by atoms with Gasteiger partial charge < -0.3 is 19.3 Å². The summed E-state index contributed by atoms with van der Waals surface area (Å²) in [4.78, 5) is 10.9. The molecule has 104 valence electrons. The molecule has 0 amide bonds. The molecule has 0 aliphatic rings. The van der Waals surface area contributed by atoms with E-state index in [1.54, 1.807) is 19.2 Å². The molecule has 1 aromatic carbocycles. The fourth-order valence-corrected chi connectivity index (χ4v) is 1.82. The van der Waals surface area contributed by atoms with E-state index in [1.807, 2.05) is 6.92 Å². The van der Waals surface area contributed by atoms with Crippen molar-refractivity contribution in [2.45, 2.75) is 13.3 Å². The van der Waals surface area contributed by atoms with E-state index in [9.17, 15) is 4.79 Å². The van der Waals surface area contributed by atoms with E-state index in [1.165, 1.54) is 14.2 Å². The predicted octanol–water partition coefficient (Wildman–Crippen LogP) is 2.59. The molecule has 0 aliphatic carbocycles. The minimum absolute atomic E-state index is 0.519. The van der Waals surface area contributed by atoms with Crippen LogP contribution in [0.1, 0.15) is 18.9 Å². The van der Waals surface area contributed by atoms with Crippen molar-refractivity contribution in [2.24, 2.45) is 0 Å². The van der Waals surface area contributed by atoms with E-state index >= 15 is 0 Å². The van der Waals surface area contributed by atoms with Gasteiger partial charge in [-0.15, -0.1) is 0 Å². The van der Waals surface area contributed by atoms with Crippen LogP contribution in [-0.4, -0.2) is 32.4 Å². The third-order valence-electron chi connectivity index (χ3n) is 2.71. The van der Waals surface area contributed by atoms with Crippen LogP contribution < -0.4 is 14.2 Å². The number of carbonyl (C=O) groups is 1. The molecule has 0 heterocycles. The van der Waals surface area contributed by atoms with Crippen LogP contribution in [-0.2, 0) is 4.79 Å². The number of aliphatic carboxylic acids is 1.